The van der Waals surface area contributed by atoms with Gasteiger partial charge in [0, 0.05) is 6.92 Å². The molecule has 2 aromatic rings. The van der Waals surface area contributed by atoms with E-state index in [-0.39, 0.29) is 18.4 Å². The van der Waals surface area contributed by atoms with Crippen molar-refractivity contribution in [1.29, 1.82) is 0 Å². The van der Waals surface area contributed by atoms with Crippen molar-refractivity contribution in [2.24, 2.45) is 0 Å². The molecule has 3 N–H and O–H groups in total. The van der Waals surface area contributed by atoms with Crippen LogP contribution in [0.15, 0.2) is 12.4 Å². The first-order valence-corrected chi connectivity index (χ1v) is 5.52. The van der Waals surface area contributed by atoms with E-state index in [0.29, 0.717) is 11.5 Å². The summed E-state index contributed by atoms with van der Waals surface area (Å²) in [7, 11) is 0. The molecule has 0 aliphatic rings. The van der Waals surface area contributed by atoms with E-state index in [2.05, 4.69) is 31.1 Å². The predicted octanol–water partition coefficient (Wildman–Crippen LogP) is -0.0933. The smallest absolute Gasteiger partial charge is 0.246 e. The molecule has 0 unspecified atom stereocenters. The lowest BCUT2D eigenvalue weighted by atomic mass is 10.4. The van der Waals surface area contributed by atoms with E-state index in [9.17, 15) is 9.59 Å². The second-order valence-corrected chi connectivity index (χ2v) is 3.94. The summed E-state index contributed by atoms with van der Waals surface area (Å²) in [5.74, 6) is -0.200. The van der Waals surface area contributed by atoms with Gasteiger partial charge in [0.15, 0.2) is 5.82 Å². The van der Waals surface area contributed by atoms with Crippen molar-refractivity contribution in [3.05, 3.63) is 18.1 Å². The van der Waals surface area contributed by atoms with Gasteiger partial charge in [0.05, 0.1) is 23.8 Å². The first kappa shape index (κ1) is 12.7. The van der Waals surface area contributed by atoms with Crippen LogP contribution in [0.2, 0.25) is 0 Å². The van der Waals surface area contributed by atoms with Gasteiger partial charge in [-0.15, -0.1) is 5.10 Å². The van der Waals surface area contributed by atoms with E-state index in [1.54, 1.807) is 6.92 Å². The Bertz CT molecular complexity index is 601. The number of amides is 2. The summed E-state index contributed by atoms with van der Waals surface area (Å²) in [6, 6.07) is 0. The molecule has 100 valence electrons. The highest BCUT2D eigenvalue weighted by atomic mass is 16.2. The number of hydrogen-bond acceptors (Lipinski definition) is 5. The minimum absolute atomic E-state index is 0.00277. The molecule has 0 aliphatic heterocycles. The highest BCUT2D eigenvalue weighted by molar-refractivity contribution is 5.91. The maximum atomic E-state index is 11.7. The van der Waals surface area contributed by atoms with Crippen LogP contribution in [0.3, 0.4) is 0 Å². The van der Waals surface area contributed by atoms with Crippen LogP contribution < -0.4 is 10.6 Å². The Morgan fingerprint density at radius 1 is 1.42 bits per heavy atom. The van der Waals surface area contributed by atoms with Crippen molar-refractivity contribution in [2.75, 3.05) is 10.6 Å². The SMILES string of the molecule is CC(=O)Nc1cn(CC(=O)Nc2cn[nH]c2C)nn1. The number of nitrogens with one attached hydrogen (secondary N) is 3. The summed E-state index contributed by atoms with van der Waals surface area (Å²) in [5.41, 5.74) is 1.39. The Labute approximate surface area is 108 Å². The number of carbonyl (C=O) groups is 2. The van der Waals surface area contributed by atoms with Crippen LogP contribution in [0.25, 0.3) is 0 Å². The Kier molecular flexibility index (Phi) is 3.55. The fourth-order valence-electron chi connectivity index (χ4n) is 1.43. The van der Waals surface area contributed by atoms with Gasteiger partial charge in [-0.1, -0.05) is 5.21 Å². The number of anilines is 2. The Balaban J connectivity index is 1.94. The molecule has 0 radical (unpaired) electrons. The topological polar surface area (TPSA) is 118 Å². The van der Waals surface area contributed by atoms with Gasteiger partial charge >= 0.3 is 0 Å². The van der Waals surface area contributed by atoms with Gasteiger partial charge in [-0.2, -0.15) is 5.10 Å². The minimum atomic E-state index is -0.260. The van der Waals surface area contributed by atoms with Gasteiger partial charge in [0.25, 0.3) is 0 Å². The van der Waals surface area contributed by atoms with Crippen molar-refractivity contribution in [2.45, 2.75) is 20.4 Å². The van der Waals surface area contributed by atoms with Gasteiger partial charge in [-0.05, 0) is 6.92 Å². The number of aryl methyl sites for hydroxylation is 1. The quantitative estimate of drug-likeness (QED) is 0.712. The average Bonchev–Trinajstić information content (AvgIpc) is 2.89. The maximum absolute atomic E-state index is 11.7. The molecule has 2 aromatic heterocycles. The van der Waals surface area contributed by atoms with Crippen LogP contribution in [0.5, 0.6) is 0 Å². The molecule has 19 heavy (non-hydrogen) atoms. The molecule has 0 atom stereocenters. The highest BCUT2D eigenvalue weighted by Crippen LogP contribution is 2.09. The van der Waals surface area contributed by atoms with Crippen LogP contribution in [0, 0.1) is 6.92 Å². The lowest BCUT2D eigenvalue weighted by Gasteiger charge is -2.02. The number of aromatic amines is 1. The summed E-state index contributed by atoms with van der Waals surface area (Å²) < 4.78 is 1.33. The molecule has 0 fully saturated rings. The zero-order chi connectivity index (χ0) is 13.8. The number of aromatic nitrogens is 5. The lowest BCUT2D eigenvalue weighted by molar-refractivity contribution is -0.117. The van der Waals surface area contributed by atoms with Crippen molar-refractivity contribution >= 4 is 23.3 Å². The highest BCUT2D eigenvalue weighted by Gasteiger charge is 2.09. The Morgan fingerprint density at radius 2 is 2.21 bits per heavy atom. The monoisotopic (exact) mass is 263 g/mol. The third kappa shape index (κ3) is 3.37. The Morgan fingerprint density at radius 3 is 2.84 bits per heavy atom. The van der Waals surface area contributed by atoms with E-state index in [1.807, 2.05) is 0 Å². The molecule has 0 saturated carbocycles. The van der Waals surface area contributed by atoms with E-state index >= 15 is 0 Å². The van der Waals surface area contributed by atoms with Gasteiger partial charge in [-0.25, -0.2) is 4.68 Å². The maximum Gasteiger partial charge on any atom is 0.246 e. The molecule has 9 heteroatoms. The predicted molar refractivity (Wildman–Crippen MR) is 66.3 cm³/mol. The Hall–Kier alpha value is -2.71. The van der Waals surface area contributed by atoms with Crippen LogP contribution >= 0.6 is 0 Å². The molecule has 0 saturated heterocycles. The zero-order valence-corrected chi connectivity index (χ0v) is 10.5. The first-order chi connectivity index (χ1) is 9.04. The number of carbonyl (C=O) groups excluding carboxylic acids is 2. The number of nitrogens with zero attached hydrogens (tertiary/aromatic N) is 4. The summed E-state index contributed by atoms with van der Waals surface area (Å²) in [4.78, 5) is 22.6. The molecule has 2 rings (SSSR count). The van der Waals surface area contributed by atoms with E-state index in [4.69, 9.17) is 0 Å². The molecule has 2 heterocycles. The number of rotatable bonds is 4. The van der Waals surface area contributed by atoms with Gasteiger partial charge in [0.2, 0.25) is 11.8 Å². The van der Waals surface area contributed by atoms with Crippen LogP contribution in [-0.4, -0.2) is 37.0 Å². The first-order valence-electron chi connectivity index (χ1n) is 5.52. The summed E-state index contributed by atoms with van der Waals surface area (Å²) >= 11 is 0. The van der Waals surface area contributed by atoms with Crippen molar-refractivity contribution in [1.82, 2.24) is 25.2 Å². The second kappa shape index (κ2) is 5.29. The van der Waals surface area contributed by atoms with Crippen LogP contribution in [-0.2, 0) is 16.1 Å². The van der Waals surface area contributed by atoms with Gasteiger partial charge in [-0.3, -0.25) is 14.7 Å². The van der Waals surface area contributed by atoms with E-state index < -0.39 is 0 Å². The fourth-order valence-corrected chi connectivity index (χ4v) is 1.43. The van der Waals surface area contributed by atoms with E-state index in [1.165, 1.54) is 24.0 Å². The summed E-state index contributed by atoms with van der Waals surface area (Å²) in [6.07, 6.45) is 3.00. The molecular weight excluding hydrogens is 250 g/mol. The summed E-state index contributed by atoms with van der Waals surface area (Å²) in [6.45, 7) is 3.16. The normalized spacial score (nSPS) is 10.2. The van der Waals surface area contributed by atoms with Gasteiger partial charge in [0.1, 0.15) is 6.54 Å². The third-order valence-corrected chi connectivity index (χ3v) is 2.25. The molecular formula is C10H13N7O2. The van der Waals surface area contributed by atoms with E-state index in [0.717, 1.165) is 5.69 Å². The molecule has 0 aromatic carbocycles. The summed E-state index contributed by atoms with van der Waals surface area (Å²) in [5, 5.41) is 19.1. The minimum Gasteiger partial charge on any atom is -0.322 e. The fraction of sp³-hybridized carbons (Fsp3) is 0.300. The van der Waals surface area contributed by atoms with Crippen LogP contribution in [0.1, 0.15) is 12.6 Å². The van der Waals surface area contributed by atoms with Crippen LogP contribution in [0.4, 0.5) is 11.5 Å². The molecule has 0 spiro atoms. The molecule has 2 amide bonds. The standard InChI is InChI=1S/C10H13N7O2/c1-6-8(3-11-14-6)13-10(19)5-17-4-9(15-16-17)12-7(2)18/h3-4H,5H2,1-2H3,(H,11,14)(H,12,18)(H,13,19). The number of hydrogen-bond donors (Lipinski definition) is 3. The third-order valence-electron chi connectivity index (χ3n) is 2.25. The number of H-pyrrole nitrogens is 1. The largest absolute Gasteiger partial charge is 0.322 e. The zero-order valence-electron chi connectivity index (χ0n) is 10.5. The molecule has 0 bridgehead atoms. The van der Waals surface area contributed by atoms with Crippen molar-refractivity contribution in [3.8, 4) is 0 Å². The van der Waals surface area contributed by atoms with Crippen molar-refractivity contribution < 1.29 is 9.59 Å². The lowest BCUT2D eigenvalue weighted by Crippen LogP contribution is -2.19. The van der Waals surface area contributed by atoms with Crippen molar-refractivity contribution in [3.63, 3.8) is 0 Å². The molecule has 9 nitrogen and oxygen atoms in total. The van der Waals surface area contributed by atoms with Gasteiger partial charge < -0.3 is 10.6 Å². The second-order valence-electron chi connectivity index (χ2n) is 3.94. The average molecular weight is 263 g/mol. The molecule has 0 aliphatic carbocycles.